The second kappa shape index (κ2) is 3.47. The van der Waals surface area contributed by atoms with Gasteiger partial charge in [0.25, 0.3) is 0 Å². The molecule has 0 amide bonds. The zero-order chi connectivity index (χ0) is 10.5. The predicted molar refractivity (Wildman–Crippen MR) is 72.4 cm³/mol. The molecule has 2 aliphatic carbocycles. The molecule has 1 fully saturated rings. The normalized spacial score (nSPS) is 22.3. The molecule has 1 aromatic rings. The molecule has 0 aliphatic heterocycles. The van der Waals surface area contributed by atoms with Crippen LogP contribution in [0.25, 0.3) is 0 Å². The van der Waals surface area contributed by atoms with E-state index in [0.29, 0.717) is 5.41 Å². The molecule has 0 aromatic heterocycles. The predicted octanol–water partition coefficient (Wildman–Crippen LogP) is 4.36. The van der Waals surface area contributed by atoms with Crippen molar-refractivity contribution in [2.75, 3.05) is 0 Å². The van der Waals surface area contributed by atoms with Gasteiger partial charge < -0.3 is 0 Å². The first-order valence-corrected chi connectivity index (χ1v) is 7.09. The van der Waals surface area contributed by atoms with E-state index in [0.717, 1.165) is 0 Å². The molecule has 0 heterocycles. The van der Waals surface area contributed by atoms with Gasteiger partial charge in [-0.1, -0.05) is 18.9 Å². The number of halogens is 1. The Bertz CT molecular complexity index is 400. The number of fused-ring (bicyclic) bond motifs is 2. The van der Waals surface area contributed by atoms with E-state index in [1.165, 1.54) is 42.1 Å². The molecule has 2 aliphatic rings. The van der Waals surface area contributed by atoms with Crippen molar-refractivity contribution in [1.82, 2.24) is 0 Å². The van der Waals surface area contributed by atoms with Crippen LogP contribution in [0.5, 0.6) is 0 Å². The summed E-state index contributed by atoms with van der Waals surface area (Å²) in [7, 11) is 0. The van der Waals surface area contributed by atoms with Crippen LogP contribution in [0.3, 0.4) is 0 Å². The molecular weight excluding hydrogens is 295 g/mol. The smallest absolute Gasteiger partial charge is 0.0165 e. The highest BCUT2D eigenvalue weighted by Gasteiger charge is 2.42. The van der Waals surface area contributed by atoms with Crippen LogP contribution in [0, 0.1) is 10.5 Å². The van der Waals surface area contributed by atoms with E-state index in [2.05, 4.69) is 41.6 Å². The van der Waals surface area contributed by atoms with Gasteiger partial charge >= 0.3 is 0 Å². The van der Waals surface area contributed by atoms with Crippen molar-refractivity contribution in [3.63, 3.8) is 0 Å². The highest BCUT2D eigenvalue weighted by atomic mass is 127. The molecule has 0 radical (unpaired) electrons. The van der Waals surface area contributed by atoms with Crippen molar-refractivity contribution in [2.24, 2.45) is 0 Å². The molecule has 1 heteroatoms. The highest BCUT2D eigenvalue weighted by Crippen LogP contribution is 2.52. The summed E-state index contributed by atoms with van der Waals surface area (Å²) in [5, 5.41) is 0. The molecule has 0 bridgehead atoms. The molecule has 15 heavy (non-hydrogen) atoms. The first kappa shape index (κ1) is 10.1. The van der Waals surface area contributed by atoms with Gasteiger partial charge in [0.1, 0.15) is 0 Å². The Kier molecular flexibility index (Phi) is 2.35. The van der Waals surface area contributed by atoms with Crippen LogP contribution in [0.4, 0.5) is 0 Å². The van der Waals surface area contributed by atoms with E-state index in [4.69, 9.17) is 0 Å². The molecule has 0 atom stereocenters. The third-order valence-electron chi connectivity index (χ3n) is 4.41. The fraction of sp³-hybridized carbons (Fsp3) is 0.571. The Labute approximate surface area is 106 Å². The fourth-order valence-electron chi connectivity index (χ4n) is 3.76. The van der Waals surface area contributed by atoms with Gasteiger partial charge in [-0.2, -0.15) is 0 Å². The minimum Gasteiger partial charge on any atom is -0.0580 e. The minimum absolute atomic E-state index is 0.598. The summed E-state index contributed by atoms with van der Waals surface area (Å²) in [5.41, 5.74) is 5.56. The van der Waals surface area contributed by atoms with Gasteiger partial charge in [0.2, 0.25) is 0 Å². The van der Waals surface area contributed by atoms with Crippen molar-refractivity contribution in [3.05, 3.63) is 32.4 Å². The Morgan fingerprint density at radius 3 is 2.60 bits per heavy atom. The summed E-state index contributed by atoms with van der Waals surface area (Å²) in [5.74, 6) is 0. The van der Waals surface area contributed by atoms with Crippen molar-refractivity contribution >= 4 is 22.6 Å². The summed E-state index contributed by atoms with van der Waals surface area (Å²) >= 11 is 2.51. The number of hydrogen-bond donors (Lipinski definition) is 0. The van der Waals surface area contributed by atoms with Crippen LogP contribution in [0.1, 0.15) is 48.8 Å². The molecular formula is C14H17I. The van der Waals surface area contributed by atoms with Gasteiger partial charge in [0.15, 0.2) is 0 Å². The van der Waals surface area contributed by atoms with Gasteiger partial charge in [0, 0.05) is 3.57 Å². The van der Waals surface area contributed by atoms with Gasteiger partial charge in [-0.25, -0.2) is 0 Å². The molecule has 80 valence electrons. The average Bonchev–Trinajstić information content (AvgIpc) is 2.83. The van der Waals surface area contributed by atoms with Gasteiger partial charge in [-0.15, -0.1) is 0 Å². The lowest BCUT2D eigenvalue weighted by molar-refractivity contribution is 0.437. The van der Waals surface area contributed by atoms with Gasteiger partial charge in [-0.3, -0.25) is 0 Å². The van der Waals surface area contributed by atoms with E-state index < -0.39 is 0 Å². The minimum atomic E-state index is 0.598. The molecule has 3 rings (SSSR count). The van der Waals surface area contributed by atoms with Crippen LogP contribution >= 0.6 is 22.6 Å². The van der Waals surface area contributed by atoms with Crippen molar-refractivity contribution < 1.29 is 0 Å². The number of rotatable bonds is 0. The van der Waals surface area contributed by atoms with E-state index in [1.807, 2.05) is 0 Å². The largest absolute Gasteiger partial charge is 0.0580 e. The summed E-state index contributed by atoms with van der Waals surface area (Å²) in [4.78, 5) is 0. The number of hydrogen-bond acceptors (Lipinski definition) is 0. The summed E-state index contributed by atoms with van der Waals surface area (Å²) in [6.45, 7) is 2.31. The van der Waals surface area contributed by atoms with Crippen molar-refractivity contribution in [2.45, 2.75) is 50.9 Å². The topological polar surface area (TPSA) is 0 Å². The highest BCUT2D eigenvalue weighted by molar-refractivity contribution is 14.1. The third kappa shape index (κ3) is 1.38. The lowest BCUT2D eigenvalue weighted by Crippen LogP contribution is -2.19. The maximum atomic E-state index is 2.51. The van der Waals surface area contributed by atoms with E-state index >= 15 is 0 Å². The standard InChI is InChI=1S/C14H17I/c1-10-4-5-12(15)11-6-9-14(13(10)11)7-2-3-8-14/h4-5H,2-3,6-9H2,1H3. The average molecular weight is 312 g/mol. The molecule has 0 nitrogen and oxygen atoms in total. The molecule has 1 aromatic carbocycles. The zero-order valence-corrected chi connectivity index (χ0v) is 11.4. The van der Waals surface area contributed by atoms with Crippen LogP contribution in [0.2, 0.25) is 0 Å². The van der Waals surface area contributed by atoms with Crippen LogP contribution in [-0.4, -0.2) is 0 Å². The van der Waals surface area contributed by atoms with E-state index in [1.54, 1.807) is 16.7 Å². The van der Waals surface area contributed by atoms with Gasteiger partial charge in [0.05, 0.1) is 0 Å². The first-order valence-electron chi connectivity index (χ1n) is 6.01. The second-order valence-corrected chi connectivity index (χ2v) is 6.37. The summed E-state index contributed by atoms with van der Waals surface area (Å²) in [6, 6.07) is 4.62. The van der Waals surface area contributed by atoms with E-state index in [-0.39, 0.29) is 0 Å². The Morgan fingerprint density at radius 2 is 1.87 bits per heavy atom. The second-order valence-electron chi connectivity index (χ2n) is 5.21. The van der Waals surface area contributed by atoms with E-state index in [9.17, 15) is 0 Å². The molecule has 1 saturated carbocycles. The Balaban J connectivity index is 2.20. The first-order chi connectivity index (χ1) is 7.23. The molecule has 0 saturated heterocycles. The monoisotopic (exact) mass is 312 g/mol. The number of benzene rings is 1. The number of aryl methyl sites for hydroxylation is 1. The summed E-state index contributed by atoms with van der Waals surface area (Å²) < 4.78 is 1.50. The lowest BCUT2D eigenvalue weighted by Gasteiger charge is -2.26. The van der Waals surface area contributed by atoms with Crippen molar-refractivity contribution in [3.8, 4) is 0 Å². The fourth-order valence-corrected chi connectivity index (χ4v) is 4.48. The third-order valence-corrected chi connectivity index (χ3v) is 5.42. The van der Waals surface area contributed by atoms with Crippen LogP contribution in [0.15, 0.2) is 12.1 Å². The lowest BCUT2D eigenvalue weighted by atomic mass is 9.78. The quantitative estimate of drug-likeness (QED) is 0.625. The van der Waals surface area contributed by atoms with Gasteiger partial charge in [-0.05, 0) is 83.4 Å². The summed E-state index contributed by atoms with van der Waals surface area (Å²) in [6.07, 6.45) is 8.54. The SMILES string of the molecule is Cc1ccc(I)c2c1C1(CCCC1)CC2. The Morgan fingerprint density at radius 1 is 1.13 bits per heavy atom. The molecule has 0 unspecified atom stereocenters. The van der Waals surface area contributed by atoms with Crippen molar-refractivity contribution in [1.29, 1.82) is 0 Å². The maximum Gasteiger partial charge on any atom is 0.0165 e. The van der Waals surface area contributed by atoms with Crippen LogP contribution < -0.4 is 0 Å². The Hall–Kier alpha value is -0.0500. The molecule has 1 spiro atoms. The maximum absolute atomic E-state index is 2.51. The zero-order valence-electron chi connectivity index (χ0n) is 9.28. The molecule has 0 N–H and O–H groups in total. The van der Waals surface area contributed by atoms with Crippen LogP contribution in [-0.2, 0) is 11.8 Å².